The lowest BCUT2D eigenvalue weighted by Crippen LogP contribution is -2.19. The van der Waals surface area contributed by atoms with Crippen LogP contribution in [0, 0.1) is 5.82 Å². The number of pyridine rings is 1. The van der Waals surface area contributed by atoms with Crippen molar-refractivity contribution in [1.29, 1.82) is 0 Å². The van der Waals surface area contributed by atoms with Gasteiger partial charge in [-0.15, -0.1) is 0 Å². The number of aromatic carboxylic acids is 1. The van der Waals surface area contributed by atoms with E-state index < -0.39 is 17.2 Å². The summed E-state index contributed by atoms with van der Waals surface area (Å²) in [7, 11) is 0. The standard InChI is InChI=1S/C21H21FN2O3/c1-4-24-11-16(21(26)27)20(25)15-9-17(22)18(10-19(15)24)23-14-7-5-13(6-8-14)12(2)3/h5-12,23H,4H2,1-3H3,(H,26,27). The second-order valence-electron chi connectivity index (χ2n) is 6.71. The van der Waals surface area contributed by atoms with Gasteiger partial charge in [0.2, 0.25) is 5.43 Å². The van der Waals surface area contributed by atoms with Crippen LogP contribution in [-0.4, -0.2) is 15.6 Å². The third-order valence-electron chi connectivity index (χ3n) is 4.60. The fourth-order valence-electron chi connectivity index (χ4n) is 3.03. The normalized spacial score (nSPS) is 11.1. The zero-order valence-electron chi connectivity index (χ0n) is 15.4. The molecule has 0 aliphatic heterocycles. The molecular weight excluding hydrogens is 347 g/mol. The quantitative estimate of drug-likeness (QED) is 0.683. The lowest BCUT2D eigenvalue weighted by Gasteiger charge is -2.14. The molecule has 2 aromatic carbocycles. The number of rotatable bonds is 5. The van der Waals surface area contributed by atoms with Crippen molar-refractivity contribution in [3.8, 4) is 0 Å². The summed E-state index contributed by atoms with van der Waals surface area (Å²) < 4.78 is 16.2. The van der Waals surface area contributed by atoms with E-state index in [-0.39, 0.29) is 16.6 Å². The number of carboxylic acids is 1. The van der Waals surface area contributed by atoms with Crippen LogP contribution in [0.4, 0.5) is 15.8 Å². The number of aryl methyl sites for hydroxylation is 1. The van der Waals surface area contributed by atoms with Crippen LogP contribution in [0.2, 0.25) is 0 Å². The molecule has 0 amide bonds. The zero-order chi connectivity index (χ0) is 19.7. The van der Waals surface area contributed by atoms with Gasteiger partial charge in [-0.25, -0.2) is 9.18 Å². The third kappa shape index (κ3) is 3.56. The van der Waals surface area contributed by atoms with Gasteiger partial charge in [-0.05, 0) is 42.7 Å². The number of carboxylic acid groups (broad SMARTS) is 1. The summed E-state index contributed by atoms with van der Waals surface area (Å²) >= 11 is 0. The fourth-order valence-corrected chi connectivity index (χ4v) is 3.03. The third-order valence-corrected chi connectivity index (χ3v) is 4.60. The molecule has 0 aliphatic carbocycles. The number of carbonyl (C=O) groups is 1. The Kier molecular flexibility index (Phi) is 4.99. The molecule has 1 heterocycles. The summed E-state index contributed by atoms with van der Waals surface area (Å²) in [6.07, 6.45) is 1.30. The van der Waals surface area contributed by atoms with Crippen molar-refractivity contribution in [2.75, 3.05) is 5.32 Å². The van der Waals surface area contributed by atoms with Crippen LogP contribution < -0.4 is 10.7 Å². The molecule has 0 unspecified atom stereocenters. The van der Waals surface area contributed by atoms with E-state index in [1.165, 1.54) is 17.8 Å². The molecular formula is C21H21FN2O3. The predicted molar refractivity (Wildman–Crippen MR) is 105 cm³/mol. The Labute approximate surface area is 156 Å². The summed E-state index contributed by atoms with van der Waals surface area (Å²) in [5.74, 6) is -1.53. The summed E-state index contributed by atoms with van der Waals surface area (Å²) in [4.78, 5) is 23.7. The van der Waals surface area contributed by atoms with E-state index in [4.69, 9.17) is 0 Å². The van der Waals surface area contributed by atoms with Gasteiger partial charge in [0.05, 0.1) is 11.2 Å². The molecule has 27 heavy (non-hydrogen) atoms. The van der Waals surface area contributed by atoms with Crippen molar-refractivity contribution in [1.82, 2.24) is 4.57 Å². The molecule has 1 aromatic heterocycles. The number of halogens is 1. The second kappa shape index (κ2) is 7.23. The second-order valence-corrected chi connectivity index (χ2v) is 6.71. The van der Waals surface area contributed by atoms with Crippen LogP contribution in [0.1, 0.15) is 42.6 Å². The molecule has 0 fully saturated rings. The summed E-state index contributed by atoms with van der Waals surface area (Å²) in [5, 5.41) is 12.3. The average Bonchev–Trinajstić information content (AvgIpc) is 2.63. The first-order chi connectivity index (χ1) is 12.8. The number of nitrogens with one attached hydrogen (secondary N) is 1. The molecule has 3 aromatic rings. The number of nitrogens with zero attached hydrogens (tertiary/aromatic N) is 1. The monoisotopic (exact) mass is 368 g/mol. The Morgan fingerprint density at radius 3 is 2.44 bits per heavy atom. The first-order valence-corrected chi connectivity index (χ1v) is 8.78. The van der Waals surface area contributed by atoms with E-state index in [9.17, 15) is 19.1 Å². The smallest absolute Gasteiger partial charge is 0.341 e. The first-order valence-electron chi connectivity index (χ1n) is 8.78. The highest BCUT2D eigenvalue weighted by atomic mass is 19.1. The van der Waals surface area contributed by atoms with Crippen molar-refractivity contribution in [2.45, 2.75) is 33.2 Å². The summed E-state index contributed by atoms with van der Waals surface area (Å²) in [6.45, 7) is 6.48. The summed E-state index contributed by atoms with van der Waals surface area (Å²) in [6, 6.07) is 10.3. The molecule has 0 bridgehead atoms. The highest BCUT2D eigenvalue weighted by Crippen LogP contribution is 2.26. The van der Waals surface area contributed by atoms with Gasteiger partial charge in [0.1, 0.15) is 11.4 Å². The van der Waals surface area contributed by atoms with Crippen molar-refractivity contribution >= 4 is 28.2 Å². The van der Waals surface area contributed by atoms with Crippen molar-refractivity contribution in [3.05, 3.63) is 69.8 Å². The molecule has 0 atom stereocenters. The first kappa shape index (κ1) is 18.6. The number of hydrogen-bond donors (Lipinski definition) is 2. The van der Waals surface area contributed by atoms with E-state index in [0.29, 0.717) is 18.0 Å². The minimum Gasteiger partial charge on any atom is -0.477 e. The van der Waals surface area contributed by atoms with Gasteiger partial charge in [0.15, 0.2) is 0 Å². The molecule has 0 radical (unpaired) electrons. The molecule has 5 nitrogen and oxygen atoms in total. The lowest BCUT2D eigenvalue weighted by molar-refractivity contribution is 0.0695. The Morgan fingerprint density at radius 1 is 1.22 bits per heavy atom. The Bertz CT molecular complexity index is 1070. The van der Waals surface area contributed by atoms with Gasteiger partial charge in [0.25, 0.3) is 0 Å². The van der Waals surface area contributed by atoms with Gasteiger partial charge in [-0.1, -0.05) is 26.0 Å². The SMILES string of the molecule is CCn1cc(C(=O)O)c(=O)c2cc(F)c(Nc3ccc(C(C)C)cc3)cc21. The number of benzene rings is 2. The van der Waals surface area contributed by atoms with E-state index in [0.717, 1.165) is 11.8 Å². The minimum absolute atomic E-state index is 0.0509. The summed E-state index contributed by atoms with van der Waals surface area (Å²) in [5.41, 5.74) is 1.56. The van der Waals surface area contributed by atoms with E-state index >= 15 is 0 Å². The van der Waals surface area contributed by atoms with Gasteiger partial charge >= 0.3 is 5.97 Å². The van der Waals surface area contributed by atoms with Crippen LogP contribution in [0.3, 0.4) is 0 Å². The van der Waals surface area contributed by atoms with Gasteiger partial charge in [-0.3, -0.25) is 4.79 Å². The number of fused-ring (bicyclic) bond motifs is 1. The van der Waals surface area contributed by atoms with Crippen LogP contribution in [0.25, 0.3) is 10.9 Å². The number of aromatic nitrogens is 1. The van der Waals surface area contributed by atoms with Crippen LogP contribution in [-0.2, 0) is 6.54 Å². The maximum atomic E-state index is 14.6. The molecule has 3 rings (SSSR count). The van der Waals surface area contributed by atoms with Gasteiger partial charge in [0, 0.05) is 23.8 Å². The van der Waals surface area contributed by atoms with Crippen LogP contribution in [0.15, 0.2) is 47.4 Å². The molecule has 2 N–H and O–H groups in total. The van der Waals surface area contributed by atoms with E-state index in [1.54, 1.807) is 4.57 Å². The lowest BCUT2D eigenvalue weighted by atomic mass is 10.0. The molecule has 0 spiro atoms. The largest absolute Gasteiger partial charge is 0.477 e. The van der Waals surface area contributed by atoms with Crippen LogP contribution >= 0.6 is 0 Å². The van der Waals surface area contributed by atoms with E-state index in [2.05, 4.69) is 19.2 Å². The van der Waals surface area contributed by atoms with Crippen molar-refractivity contribution < 1.29 is 14.3 Å². The van der Waals surface area contributed by atoms with Crippen LogP contribution in [0.5, 0.6) is 0 Å². The molecule has 140 valence electrons. The highest BCUT2D eigenvalue weighted by molar-refractivity contribution is 5.93. The Balaban J connectivity index is 2.09. The molecule has 0 saturated heterocycles. The fraction of sp³-hybridized carbons (Fsp3) is 0.238. The number of hydrogen-bond acceptors (Lipinski definition) is 3. The minimum atomic E-state index is -1.32. The molecule has 0 saturated carbocycles. The van der Waals surface area contributed by atoms with Crippen molar-refractivity contribution in [3.63, 3.8) is 0 Å². The molecule has 0 aliphatic rings. The maximum Gasteiger partial charge on any atom is 0.341 e. The van der Waals surface area contributed by atoms with Crippen molar-refractivity contribution in [2.24, 2.45) is 0 Å². The Hall–Kier alpha value is -3.15. The maximum absolute atomic E-state index is 14.6. The topological polar surface area (TPSA) is 71.3 Å². The van der Waals surface area contributed by atoms with Gasteiger partial charge < -0.3 is 15.0 Å². The Morgan fingerprint density at radius 2 is 1.89 bits per heavy atom. The zero-order valence-corrected chi connectivity index (χ0v) is 15.4. The molecule has 6 heteroatoms. The highest BCUT2D eigenvalue weighted by Gasteiger charge is 2.16. The predicted octanol–water partition coefficient (Wildman–Crippen LogP) is 4.73. The van der Waals surface area contributed by atoms with E-state index in [1.807, 2.05) is 31.2 Å². The van der Waals surface area contributed by atoms with Gasteiger partial charge in [-0.2, -0.15) is 0 Å². The number of anilines is 2. The average molecular weight is 368 g/mol.